The Bertz CT molecular complexity index is 763. The lowest BCUT2D eigenvalue weighted by Gasteiger charge is -2.29. The smallest absolute Gasteiger partial charge is 0.261 e. The van der Waals surface area contributed by atoms with Crippen LogP contribution in [0.3, 0.4) is 0 Å². The van der Waals surface area contributed by atoms with Crippen LogP contribution in [0.15, 0.2) is 54.6 Å². The zero-order valence-corrected chi connectivity index (χ0v) is 17.3. The van der Waals surface area contributed by atoms with Gasteiger partial charge in [-0.2, -0.15) is 0 Å². The lowest BCUT2D eigenvalue weighted by atomic mass is 10.1. The highest BCUT2D eigenvalue weighted by atomic mass is 35.5. The van der Waals surface area contributed by atoms with E-state index >= 15 is 0 Å². The van der Waals surface area contributed by atoms with Crippen LogP contribution in [0.25, 0.3) is 0 Å². The quantitative estimate of drug-likeness (QED) is 0.695. The van der Waals surface area contributed by atoms with Crippen LogP contribution in [-0.4, -0.2) is 41.9 Å². The average Bonchev–Trinajstić information content (AvgIpc) is 2.67. The number of amides is 2. The Hall–Kier alpha value is -2.53. The molecular formula is C22H27ClN2O3. The van der Waals surface area contributed by atoms with Gasteiger partial charge in [0.05, 0.1) is 0 Å². The van der Waals surface area contributed by atoms with Gasteiger partial charge in [0.1, 0.15) is 11.8 Å². The summed E-state index contributed by atoms with van der Waals surface area (Å²) in [5, 5.41) is 3.47. The summed E-state index contributed by atoms with van der Waals surface area (Å²) in [4.78, 5) is 26.9. The van der Waals surface area contributed by atoms with Crippen LogP contribution in [0.5, 0.6) is 5.75 Å². The molecule has 0 fully saturated rings. The largest absolute Gasteiger partial charge is 0.484 e. The van der Waals surface area contributed by atoms with Crippen LogP contribution in [0.4, 0.5) is 0 Å². The number of rotatable bonds is 9. The number of nitrogens with one attached hydrogen (secondary N) is 1. The van der Waals surface area contributed by atoms with Crippen LogP contribution >= 0.6 is 11.6 Å². The molecule has 0 unspecified atom stereocenters. The highest BCUT2D eigenvalue weighted by Gasteiger charge is 2.26. The average molecular weight is 403 g/mol. The summed E-state index contributed by atoms with van der Waals surface area (Å²) in [6.07, 6.45) is 0.660. The van der Waals surface area contributed by atoms with Crippen molar-refractivity contribution in [2.24, 2.45) is 0 Å². The molecule has 5 nitrogen and oxygen atoms in total. The summed E-state index contributed by atoms with van der Waals surface area (Å²) in [6, 6.07) is 16.1. The van der Waals surface area contributed by atoms with E-state index in [0.29, 0.717) is 23.7 Å². The van der Waals surface area contributed by atoms with Gasteiger partial charge >= 0.3 is 0 Å². The molecule has 28 heavy (non-hydrogen) atoms. The SMILES string of the molecule is CC(C)NC(=O)[C@H](C)N(CCc1ccccc1)C(=O)COc1ccc(Cl)cc1. The minimum atomic E-state index is -0.590. The van der Waals surface area contributed by atoms with Gasteiger partial charge in [0.25, 0.3) is 5.91 Å². The number of ether oxygens (including phenoxy) is 1. The summed E-state index contributed by atoms with van der Waals surface area (Å²) in [6.45, 7) is 5.81. The Morgan fingerprint density at radius 3 is 2.29 bits per heavy atom. The fraction of sp³-hybridized carbons (Fsp3) is 0.364. The molecule has 150 valence electrons. The van der Waals surface area contributed by atoms with E-state index in [4.69, 9.17) is 16.3 Å². The molecule has 0 aliphatic carbocycles. The van der Waals surface area contributed by atoms with E-state index in [0.717, 1.165) is 5.56 Å². The topological polar surface area (TPSA) is 58.6 Å². The standard InChI is InChI=1S/C22H27ClN2O3/c1-16(2)24-22(27)17(3)25(14-13-18-7-5-4-6-8-18)21(26)15-28-20-11-9-19(23)10-12-20/h4-12,16-17H,13-15H2,1-3H3,(H,24,27)/t17-/m0/s1. The Kier molecular flexibility index (Phi) is 8.33. The van der Waals surface area contributed by atoms with Gasteiger partial charge in [0.2, 0.25) is 5.91 Å². The van der Waals surface area contributed by atoms with Crippen LogP contribution in [-0.2, 0) is 16.0 Å². The Balaban J connectivity index is 2.05. The third-order valence-electron chi connectivity index (χ3n) is 4.26. The van der Waals surface area contributed by atoms with E-state index in [9.17, 15) is 9.59 Å². The van der Waals surface area contributed by atoms with E-state index in [1.165, 1.54) is 0 Å². The summed E-state index contributed by atoms with van der Waals surface area (Å²) < 4.78 is 5.59. The first-order chi connectivity index (χ1) is 13.4. The van der Waals surface area contributed by atoms with Crippen molar-refractivity contribution in [1.29, 1.82) is 0 Å². The zero-order valence-electron chi connectivity index (χ0n) is 16.5. The molecule has 2 aromatic rings. The summed E-state index contributed by atoms with van der Waals surface area (Å²) in [5.74, 6) is 0.139. The molecule has 6 heteroatoms. The maximum absolute atomic E-state index is 12.8. The molecule has 0 heterocycles. The normalized spacial score (nSPS) is 11.8. The highest BCUT2D eigenvalue weighted by Crippen LogP contribution is 2.16. The van der Waals surface area contributed by atoms with Gasteiger partial charge < -0.3 is 15.0 Å². The summed E-state index contributed by atoms with van der Waals surface area (Å²) >= 11 is 5.87. The molecule has 2 amide bonds. The van der Waals surface area contributed by atoms with Crippen LogP contribution < -0.4 is 10.1 Å². The van der Waals surface area contributed by atoms with Crippen molar-refractivity contribution in [3.63, 3.8) is 0 Å². The number of carbonyl (C=O) groups excluding carboxylic acids is 2. The van der Waals surface area contributed by atoms with Crippen LogP contribution in [0, 0.1) is 0 Å². The monoisotopic (exact) mass is 402 g/mol. The van der Waals surface area contributed by atoms with E-state index in [1.807, 2.05) is 44.2 Å². The molecule has 0 saturated heterocycles. The molecule has 0 aliphatic heterocycles. The van der Waals surface area contributed by atoms with Gasteiger partial charge in [-0.3, -0.25) is 9.59 Å². The third kappa shape index (κ3) is 6.89. The van der Waals surface area contributed by atoms with Crippen molar-refractivity contribution in [3.05, 3.63) is 65.2 Å². The van der Waals surface area contributed by atoms with E-state index < -0.39 is 6.04 Å². The number of hydrogen-bond acceptors (Lipinski definition) is 3. The molecule has 0 saturated carbocycles. The minimum absolute atomic E-state index is 0.00587. The Morgan fingerprint density at radius 1 is 1.04 bits per heavy atom. The van der Waals surface area contributed by atoms with Gasteiger partial charge in [0.15, 0.2) is 6.61 Å². The minimum Gasteiger partial charge on any atom is -0.484 e. The first-order valence-corrected chi connectivity index (χ1v) is 9.76. The van der Waals surface area contributed by atoms with Crippen molar-refractivity contribution in [2.45, 2.75) is 39.3 Å². The fourth-order valence-electron chi connectivity index (χ4n) is 2.73. The molecule has 0 radical (unpaired) electrons. The predicted octanol–water partition coefficient (Wildman–Crippen LogP) is 3.70. The Labute approximate surface area is 171 Å². The molecule has 2 aromatic carbocycles. The maximum atomic E-state index is 12.8. The van der Waals surface area contributed by atoms with E-state index in [-0.39, 0.29) is 24.5 Å². The lowest BCUT2D eigenvalue weighted by Crippen LogP contribution is -2.51. The van der Waals surface area contributed by atoms with E-state index in [2.05, 4.69) is 5.32 Å². The number of nitrogens with zero attached hydrogens (tertiary/aromatic N) is 1. The predicted molar refractivity (Wildman–Crippen MR) is 112 cm³/mol. The third-order valence-corrected chi connectivity index (χ3v) is 4.51. The number of hydrogen-bond donors (Lipinski definition) is 1. The second kappa shape index (κ2) is 10.7. The number of carbonyl (C=O) groups is 2. The summed E-state index contributed by atoms with van der Waals surface area (Å²) in [5.41, 5.74) is 1.11. The van der Waals surface area contributed by atoms with Crippen molar-refractivity contribution >= 4 is 23.4 Å². The molecule has 0 spiro atoms. The zero-order chi connectivity index (χ0) is 20.5. The molecule has 0 aliphatic rings. The van der Waals surface area contributed by atoms with Crippen molar-refractivity contribution in [3.8, 4) is 5.75 Å². The molecular weight excluding hydrogens is 376 g/mol. The highest BCUT2D eigenvalue weighted by molar-refractivity contribution is 6.30. The first-order valence-electron chi connectivity index (χ1n) is 9.39. The van der Waals surface area contributed by atoms with Crippen molar-refractivity contribution in [1.82, 2.24) is 10.2 Å². The lowest BCUT2D eigenvalue weighted by molar-refractivity contribution is -0.141. The number of benzene rings is 2. The van der Waals surface area contributed by atoms with Gasteiger partial charge in [-0.15, -0.1) is 0 Å². The second-order valence-corrected chi connectivity index (χ2v) is 7.34. The summed E-state index contributed by atoms with van der Waals surface area (Å²) in [7, 11) is 0. The second-order valence-electron chi connectivity index (χ2n) is 6.90. The van der Waals surface area contributed by atoms with Gasteiger partial charge in [-0.05, 0) is 57.0 Å². The van der Waals surface area contributed by atoms with Crippen LogP contribution in [0.1, 0.15) is 26.3 Å². The van der Waals surface area contributed by atoms with Gasteiger partial charge in [-0.1, -0.05) is 41.9 Å². The first kappa shape index (κ1) is 21.8. The van der Waals surface area contributed by atoms with E-state index in [1.54, 1.807) is 36.1 Å². The van der Waals surface area contributed by atoms with Crippen molar-refractivity contribution in [2.75, 3.05) is 13.2 Å². The van der Waals surface area contributed by atoms with Gasteiger partial charge in [-0.25, -0.2) is 0 Å². The molecule has 0 bridgehead atoms. The van der Waals surface area contributed by atoms with Crippen molar-refractivity contribution < 1.29 is 14.3 Å². The Morgan fingerprint density at radius 2 is 1.68 bits per heavy atom. The maximum Gasteiger partial charge on any atom is 0.261 e. The fourth-order valence-corrected chi connectivity index (χ4v) is 2.86. The molecule has 1 atom stereocenters. The van der Waals surface area contributed by atoms with Crippen LogP contribution in [0.2, 0.25) is 5.02 Å². The van der Waals surface area contributed by atoms with Gasteiger partial charge in [0, 0.05) is 17.6 Å². The molecule has 1 N–H and O–H groups in total. The molecule has 2 rings (SSSR count). The molecule has 0 aromatic heterocycles. The number of halogens is 1.